The van der Waals surface area contributed by atoms with Crippen molar-refractivity contribution in [2.24, 2.45) is 5.73 Å². The lowest BCUT2D eigenvalue weighted by atomic mass is 9.92. The van der Waals surface area contributed by atoms with E-state index in [9.17, 15) is 4.79 Å². The Balaban J connectivity index is 1.65. The van der Waals surface area contributed by atoms with Crippen LogP contribution in [0.2, 0.25) is 0 Å². The van der Waals surface area contributed by atoms with Gasteiger partial charge in [-0.25, -0.2) is 0 Å². The number of nitrogens with one attached hydrogen (secondary N) is 1. The molecule has 1 saturated heterocycles. The van der Waals surface area contributed by atoms with Gasteiger partial charge >= 0.3 is 0 Å². The largest absolute Gasteiger partial charge is 0.368 e. The molecule has 0 aromatic heterocycles. The standard InChI is InChI=1S/C19H22BrN3O/c1-19(21,14-7-3-2-4-8-14)18(24)22-15-11-12-23(13-15)17-10-6-5-9-16(17)20/h2-10,15H,11-13,21H2,1H3,(H,22,24). The molecule has 126 valence electrons. The maximum atomic E-state index is 12.7. The van der Waals surface area contributed by atoms with E-state index in [-0.39, 0.29) is 11.9 Å². The van der Waals surface area contributed by atoms with Gasteiger partial charge in [-0.05, 0) is 47.0 Å². The lowest BCUT2D eigenvalue weighted by Crippen LogP contribution is -2.52. The molecule has 24 heavy (non-hydrogen) atoms. The van der Waals surface area contributed by atoms with Gasteiger partial charge in [0.15, 0.2) is 0 Å². The molecular formula is C19H22BrN3O. The van der Waals surface area contributed by atoms with Crippen molar-refractivity contribution in [1.29, 1.82) is 0 Å². The average Bonchev–Trinajstić information content (AvgIpc) is 3.04. The zero-order valence-corrected chi connectivity index (χ0v) is 15.3. The Hall–Kier alpha value is -1.85. The molecule has 0 bridgehead atoms. The van der Waals surface area contributed by atoms with Crippen molar-refractivity contribution in [3.63, 3.8) is 0 Å². The van der Waals surface area contributed by atoms with Gasteiger partial charge < -0.3 is 16.0 Å². The van der Waals surface area contributed by atoms with Crippen LogP contribution in [0.1, 0.15) is 18.9 Å². The van der Waals surface area contributed by atoms with E-state index in [1.807, 2.05) is 48.5 Å². The van der Waals surface area contributed by atoms with Gasteiger partial charge in [-0.15, -0.1) is 0 Å². The average molecular weight is 388 g/mol. The highest BCUT2D eigenvalue weighted by Crippen LogP contribution is 2.29. The molecule has 2 unspecified atom stereocenters. The van der Waals surface area contributed by atoms with Crippen molar-refractivity contribution < 1.29 is 4.79 Å². The molecule has 2 atom stereocenters. The summed E-state index contributed by atoms with van der Waals surface area (Å²) in [6.07, 6.45) is 0.915. The van der Waals surface area contributed by atoms with Gasteiger partial charge in [0.05, 0.1) is 5.69 Å². The quantitative estimate of drug-likeness (QED) is 0.847. The minimum absolute atomic E-state index is 0.108. The van der Waals surface area contributed by atoms with Crippen molar-refractivity contribution in [2.75, 3.05) is 18.0 Å². The number of nitrogens with two attached hydrogens (primary N) is 1. The molecule has 1 aliphatic rings. The van der Waals surface area contributed by atoms with Crippen molar-refractivity contribution in [3.05, 3.63) is 64.6 Å². The summed E-state index contributed by atoms with van der Waals surface area (Å²) in [6, 6.07) is 17.8. The highest BCUT2D eigenvalue weighted by molar-refractivity contribution is 9.10. The monoisotopic (exact) mass is 387 g/mol. The van der Waals surface area contributed by atoms with Gasteiger partial charge in [-0.1, -0.05) is 42.5 Å². The minimum Gasteiger partial charge on any atom is -0.368 e. The Morgan fingerprint density at radius 3 is 2.58 bits per heavy atom. The highest BCUT2D eigenvalue weighted by atomic mass is 79.9. The van der Waals surface area contributed by atoms with Gasteiger partial charge in [0.1, 0.15) is 5.54 Å². The summed E-state index contributed by atoms with van der Waals surface area (Å²) in [4.78, 5) is 15.0. The second-order valence-corrected chi connectivity index (χ2v) is 7.28. The number of hydrogen-bond donors (Lipinski definition) is 2. The molecule has 0 saturated carbocycles. The van der Waals surface area contributed by atoms with Crippen molar-refractivity contribution in [2.45, 2.75) is 24.9 Å². The third-order valence-electron chi connectivity index (χ3n) is 4.56. The van der Waals surface area contributed by atoms with E-state index in [0.717, 1.165) is 35.2 Å². The lowest BCUT2D eigenvalue weighted by Gasteiger charge is -2.26. The van der Waals surface area contributed by atoms with Crippen molar-refractivity contribution >= 4 is 27.5 Å². The molecule has 1 amide bonds. The van der Waals surface area contributed by atoms with Crippen molar-refractivity contribution in [1.82, 2.24) is 5.32 Å². The van der Waals surface area contributed by atoms with E-state index < -0.39 is 5.54 Å². The predicted molar refractivity (Wildman–Crippen MR) is 101 cm³/mol. The van der Waals surface area contributed by atoms with Crippen LogP contribution in [0.4, 0.5) is 5.69 Å². The molecule has 2 aromatic carbocycles. The SMILES string of the molecule is CC(N)(C(=O)NC1CCN(c2ccccc2Br)C1)c1ccccc1. The Bertz CT molecular complexity index is 718. The number of amides is 1. The fourth-order valence-electron chi connectivity index (χ4n) is 3.06. The zero-order valence-electron chi connectivity index (χ0n) is 13.7. The summed E-state index contributed by atoms with van der Waals surface area (Å²) >= 11 is 3.59. The van der Waals surface area contributed by atoms with Crippen LogP contribution in [-0.2, 0) is 10.3 Å². The number of nitrogens with zero attached hydrogens (tertiary/aromatic N) is 1. The Morgan fingerprint density at radius 2 is 1.88 bits per heavy atom. The Morgan fingerprint density at radius 1 is 1.21 bits per heavy atom. The van der Waals surface area contributed by atoms with E-state index in [1.54, 1.807) is 6.92 Å². The molecule has 1 aliphatic heterocycles. The van der Waals surface area contributed by atoms with E-state index >= 15 is 0 Å². The molecule has 1 heterocycles. The molecule has 4 nitrogen and oxygen atoms in total. The molecule has 2 aromatic rings. The molecular weight excluding hydrogens is 366 g/mol. The minimum atomic E-state index is -1.03. The van der Waals surface area contributed by atoms with Gasteiger partial charge in [0.2, 0.25) is 5.91 Å². The van der Waals surface area contributed by atoms with E-state index in [1.165, 1.54) is 0 Å². The maximum Gasteiger partial charge on any atom is 0.244 e. The van der Waals surface area contributed by atoms with Gasteiger partial charge in [-0.2, -0.15) is 0 Å². The molecule has 1 fully saturated rings. The number of carbonyl (C=O) groups is 1. The number of hydrogen-bond acceptors (Lipinski definition) is 3. The number of carbonyl (C=O) groups excluding carboxylic acids is 1. The fourth-order valence-corrected chi connectivity index (χ4v) is 3.59. The smallest absolute Gasteiger partial charge is 0.244 e. The van der Waals surface area contributed by atoms with Gasteiger partial charge in [-0.3, -0.25) is 4.79 Å². The molecule has 0 aliphatic carbocycles. The first kappa shape index (κ1) is 17.0. The fraction of sp³-hybridized carbons (Fsp3) is 0.316. The Kier molecular flexibility index (Phi) is 4.92. The van der Waals surface area contributed by atoms with E-state index in [2.05, 4.69) is 32.2 Å². The number of para-hydroxylation sites is 1. The summed E-state index contributed by atoms with van der Waals surface area (Å²) in [5.41, 5.74) is 7.25. The summed E-state index contributed by atoms with van der Waals surface area (Å²) in [5.74, 6) is -0.132. The first-order valence-corrected chi connectivity index (χ1v) is 8.92. The van der Waals surface area contributed by atoms with E-state index in [0.29, 0.717) is 0 Å². The Labute approximate surface area is 151 Å². The summed E-state index contributed by atoms with van der Waals surface area (Å²) in [6.45, 7) is 3.47. The maximum absolute atomic E-state index is 12.7. The van der Waals surface area contributed by atoms with Crippen molar-refractivity contribution in [3.8, 4) is 0 Å². The second-order valence-electron chi connectivity index (χ2n) is 6.42. The molecule has 0 radical (unpaired) electrons. The molecule has 3 rings (SSSR count). The summed E-state index contributed by atoms with van der Waals surface area (Å²) in [7, 11) is 0. The first-order chi connectivity index (χ1) is 11.5. The van der Waals surface area contributed by atoms with E-state index in [4.69, 9.17) is 5.73 Å². The van der Waals surface area contributed by atoms with Gasteiger partial charge in [0.25, 0.3) is 0 Å². The third kappa shape index (κ3) is 3.47. The van der Waals surface area contributed by atoms with Crippen LogP contribution in [0, 0.1) is 0 Å². The lowest BCUT2D eigenvalue weighted by molar-refractivity contribution is -0.126. The number of rotatable bonds is 4. The van der Waals surface area contributed by atoms with Crippen LogP contribution in [0.25, 0.3) is 0 Å². The summed E-state index contributed by atoms with van der Waals surface area (Å²) < 4.78 is 1.07. The van der Waals surface area contributed by atoms with Crippen LogP contribution in [0.3, 0.4) is 0 Å². The molecule has 0 spiro atoms. The molecule has 5 heteroatoms. The highest BCUT2D eigenvalue weighted by Gasteiger charge is 2.33. The predicted octanol–water partition coefficient (Wildman–Crippen LogP) is 3.02. The van der Waals surface area contributed by atoms with Crippen LogP contribution in [-0.4, -0.2) is 25.0 Å². The normalized spacial score (nSPS) is 19.8. The molecule has 3 N–H and O–H groups in total. The van der Waals surface area contributed by atoms with Gasteiger partial charge in [0, 0.05) is 23.6 Å². The van der Waals surface area contributed by atoms with Crippen LogP contribution >= 0.6 is 15.9 Å². The zero-order chi connectivity index (χ0) is 17.2. The number of benzene rings is 2. The van der Waals surface area contributed by atoms with Crippen LogP contribution in [0.15, 0.2) is 59.1 Å². The second kappa shape index (κ2) is 6.95. The third-order valence-corrected chi connectivity index (χ3v) is 5.23. The number of halogens is 1. The van der Waals surface area contributed by atoms with Crippen LogP contribution < -0.4 is 16.0 Å². The summed E-state index contributed by atoms with van der Waals surface area (Å²) in [5, 5.41) is 3.12. The number of anilines is 1. The van der Waals surface area contributed by atoms with Crippen LogP contribution in [0.5, 0.6) is 0 Å². The first-order valence-electron chi connectivity index (χ1n) is 8.13. The topological polar surface area (TPSA) is 58.4 Å².